The van der Waals surface area contributed by atoms with Gasteiger partial charge in [-0.2, -0.15) is 0 Å². The fourth-order valence-electron chi connectivity index (χ4n) is 1.47. The number of carbonyl (C=O) groups is 3. The first-order valence-electron chi connectivity index (χ1n) is 6.33. The number of hydrogen-bond acceptors (Lipinski definition) is 6. The number of nitrogens with one attached hydrogen (secondary N) is 1. The maximum absolute atomic E-state index is 11.8. The summed E-state index contributed by atoms with van der Waals surface area (Å²) in [5.41, 5.74) is 5.40. The Morgan fingerprint density at radius 1 is 1.24 bits per heavy atom. The molecule has 0 bridgehead atoms. The van der Waals surface area contributed by atoms with E-state index < -0.39 is 29.9 Å². The van der Waals surface area contributed by atoms with Crippen molar-refractivity contribution in [3.05, 3.63) is 30.3 Å². The first kappa shape index (κ1) is 16.6. The van der Waals surface area contributed by atoms with Crippen molar-refractivity contribution in [2.75, 3.05) is 7.11 Å². The topological polar surface area (TPSA) is 108 Å². The Bertz CT molecular complexity index is 501. The number of methoxy groups -OCH3 is 1. The number of benzene rings is 1. The third-order valence-corrected chi connectivity index (χ3v) is 2.56. The van der Waals surface area contributed by atoms with Crippen LogP contribution in [0.15, 0.2) is 30.3 Å². The van der Waals surface area contributed by atoms with Crippen molar-refractivity contribution in [3.8, 4) is 5.75 Å². The number of amides is 1. The van der Waals surface area contributed by atoms with Crippen LogP contribution < -0.4 is 15.8 Å². The molecule has 3 N–H and O–H groups in total. The molecule has 0 aromatic heterocycles. The molecule has 7 heteroatoms. The number of esters is 2. The van der Waals surface area contributed by atoms with Crippen LogP contribution in [0.3, 0.4) is 0 Å². The molecule has 114 valence electrons. The van der Waals surface area contributed by atoms with Crippen LogP contribution in [0.2, 0.25) is 0 Å². The van der Waals surface area contributed by atoms with Crippen molar-refractivity contribution in [2.24, 2.45) is 5.73 Å². The Labute approximate surface area is 122 Å². The minimum atomic E-state index is -1.13. The molecule has 1 amide bonds. The van der Waals surface area contributed by atoms with E-state index in [0.717, 1.165) is 7.11 Å². The first-order valence-corrected chi connectivity index (χ1v) is 6.33. The highest BCUT2D eigenvalue weighted by Crippen LogP contribution is 2.10. The van der Waals surface area contributed by atoms with Crippen LogP contribution in [-0.4, -0.2) is 37.0 Å². The third kappa shape index (κ3) is 5.62. The minimum absolute atomic E-state index is 0.347. The van der Waals surface area contributed by atoms with Crippen molar-refractivity contribution in [1.82, 2.24) is 5.32 Å². The van der Waals surface area contributed by atoms with Gasteiger partial charge >= 0.3 is 11.9 Å². The maximum atomic E-state index is 11.8. The molecule has 0 saturated heterocycles. The van der Waals surface area contributed by atoms with Crippen LogP contribution in [0.1, 0.15) is 13.3 Å². The zero-order valence-electron chi connectivity index (χ0n) is 11.9. The molecule has 0 aliphatic carbocycles. The Hall–Kier alpha value is -2.41. The van der Waals surface area contributed by atoms with Gasteiger partial charge in [0.2, 0.25) is 5.91 Å². The van der Waals surface area contributed by atoms with Crippen molar-refractivity contribution in [2.45, 2.75) is 25.4 Å². The Morgan fingerprint density at radius 3 is 2.38 bits per heavy atom. The number of para-hydroxylation sites is 1. The van der Waals surface area contributed by atoms with Crippen LogP contribution in [0.4, 0.5) is 0 Å². The van der Waals surface area contributed by atoms with Gasteiger partial charge in [0, 0.05) is 0 Å². The van der Waals surface area contributed by atoms with E-state index in [9.17, 15) is 14.4 Å². The molecule has 21 heavy (non-hydrogen) atoms. The fourth-order valence-corrected chi connectivity index (χ4v) is 1.47. The van der Waals surface area contributed by atoms with Gasteiger partial charge in [-0.15, -0.1) is 0 Å². The number of rotatable bonds is 6. The average molecular weight is 294 g/mol. The SMILES string of the molecule is COC(=O)[C@H](CC(=O)Oc1ccccc1)NC(=O)[C@H](C)N. The largest absolute Gasteiger partial charge is 0.467 e. The van der Waals surface area contributed by atoms with E-state index in [1.165, 1.54) is 6.92 Å². The minimum Gasteiger partial charge on any atom is -0.467 e. The second-order valence-electron chi connectivity index (χ2n) is 4.36. The highest BCUT2D eigenvalue weighted by Gasteiger charge is 2.26. The van der Waals surface area contributed by atoms with Crippen molar-refractivity contribution >= 4 is 17.8 Å². The average Bonchev–Trinajstić information content (AvgIpc) is 2.46. The summed E-state index contributed by atoms with van der Waals surface area (Å²) in [6.07, 6.45) is -0.347. The predicted molar refractivity (Wildman–Crippen MR) is 74.3 cm³/mol. The van der Waals surface area contributed by atoms with E-state index in [1.807, 2.05) is 0 Å². The zero-order valence-corrected chi connectivity index (χ0v) is 11.9. The monoisotopic (exact) mass is 294 g/mol. The highest BCUT2D eigenvalue weighted by molar-refractivity contribution is 5.90. The third-order valence-electron chi connectivity index (χ3n) is 2.56. The molecule has 0 radical (unpaired) electrons. The van der Waals surface area contributed by atoms with Crippen LogP contribution >= 0.6 is 0 Å². The first-order chi connectivity index (χ1) is 9.93. The van der Waals surface area contributed by atoms with Gasteiger partial charge in [0.25, 0.3) is 0 Å². The summed E-state index contributed by atoms with van der Waals surface area (Å²) in [6.45, 7) is 1.46. The van der Waals surface area contributed by atoms with E-state index in [0.29, 0.717) is 5.75 Å². The van der Waals surface area contributed by atoms with Crippen molar-refractivity contribution in [1.29, 1.82) is 0 Å². The lowest BCUT2D eigenvalue weighted by Gasteiger charge is -2.17. The molecule has 0 heterocycles. The molecule has 0 unspecified atom stereocenters. The second kappa shape index (κ2) is 8.01. The van der Waals surface area contributed by atoms with Gasteiger partial charge in [-0.25, -0.2) is 4.79 Å². The summed E-state index contributed by atoms with van der Waals surface area (Å²) in [5.74, 6) is -1.61. The molecular formula is C14H18N2O5. The second-order valence-corrected chi connectivity index (χ2v) is 4.36. The summed E-state index contributed by atoms with van der Waals surface area (Å²) in [7, 11) is 1.16. The molecule has 0 saturated carbocycles. The summed E-state index contributed by atoms with van der Waals surface area (Å²) in [6, 6.07) is 6.46. The fraction of sp³-hybridized carbons (Fsp3) is 0.357. The zero-order chi connectivity index (χ0) is 15.8. The number of hydrogen-bond donors (Lipinski definition) is 2. The van der Waals surface area contributed by atoms with Gasteiger partial charge in [0.15, 0.2) is 0 Å². The van der Waals surface area contributed by atoms with Gasteiger partial charge in [-0.05, 0) is 19.1 Å². The van der Waals surface area contributed by atoms with E-state index in [-0.39, 0.29) is 6.42 Å². The predicted octanol–water partition coefficient (Wildman–Crippen LogP) is -0.0129. The van der Waals surface area contributed by atoms with Crippen LogP contribution in [-0.2, 0) is 19.1 Å². The standard InChI is InChI=1S/C14H18N2O5/c1-9(15)13(18)16-11(14(19)20-2)8-12(17)21-10-6-4-3-5-7-10/h3-7,9,11H,8,15H2,1-2H3,(H,16,18)/t9-,11-/m0/s1. The van der Waals surface area contributed by atoms with Gasteiger partial charge in [-0.3, -0.25) is 9.59 Å². The Morgan fingerprint density at radius 2 is 1.86 bits per heavy atom. The summed E-state index contributed by atoms with van der Waals surface area (Å²) < 4.78 is 9.59. The molecule has 2 atom stereocenters. The van der Waals surface area contributed by atoms with Crippen LogP contribution in [0, 0.1) is 0 Å². The molecule has 7 nitrogen and oxygen atoms in total. The molecule has 0 spiro atoms. The lowest BCUT2D eigenvalue weighted by Crippen LogP contribution is -2.48. The smallest absolute Gasteiger partial charge is 0.328 e. The highest BCUT2D eigenvalue weighted by atomic mass is 16.5. The van der Waals surface area contributed by atoms with E-state index >= 15 is 0 Å². The molecule has 0 aliphatic rings. The van der Waals surface area contributed by atoms with Gasteiger partial charge in [-0.1, -0.05) is 18.2 Å². The lowest BCUT2D eigenvalue weighted by molar-refractivity contribution is -0.148. The number of carbonyl (C=O) groups excluding carboxylic acids is 3. The maximum Gasteiger partial charge on any atom is 0.328 e. The molecule has 1 rings (SSSR count). The quantitative estimate of drug-likeness (QED) is 0.564. The molecule has 0 aliphatic heterocycles. The Balaban J connectivity index is 2.65. The van der Waals surface area contributed by atoms with Gasteiger partial charge < -0.3 is 20.5 Å². The number of nitrogens with two attached hydrogens (primary N) is 1. The summed E-state index contributed by atoms with van der Waals surface area (Å²) in [5, 5.41) is 2.34. The van der Waals surface area contributed by atoms with Gasteiger partial charge in [0.05, 0.1) is 19.6 Å². The molecule has 1 aromatic rings. The lowest BCUT2D eigenvalue weighted by atomic mass is 10.2. The van der Waals surface area contributed by atoms with E-state index in [4.69, 9.17) is 10.5 Å². The van der Waals surface area contributed by atoms with Crippen molar-refractivity contribution in [3.63, 3.8) is 0 Å². The molecule has 0 fully saturated rings. The van der Waals surface area contributed by atoms with E-state index in [1.54, 1.807) is 30.3 Å². The summed E-state index contributed by atoms with van der Waals surface area (Å²) in [4.78, 5) is 34.9. The van der Waals surface area contributed by atoms with Gasteiger partial charge in [0.1, 0.15) is 11.8 Å². The van der Waals surface area contributed by atoms with Crippen LogP contribution in [0.25, 0.3) is 0 Å². The van der Waals surface area contributed by atoms with Crippen LogP contribution in [0.5, 0.6) is 5.75 Å². The molecule has 1 aromatic carbocycles. The number of ether oxygens (including phenoxy) is 2. The van der Waals surface area contributed by atoms with Crippen molar-refractivity contribution < 1.29 is 23.9 Å². The normalized spacial score (nSPS) is 12.9. The van der Waals surface area contributed by atoms with E-state index in [2.05, 4.69) is 10.1 Å². The Kier molecular flexibility index (Phi) is 6.35. The summed E-state index contributed by atoms with van der Waals surface area (Å²) >= 11 is 0. The molecular weight excluding hydrogens is 276 g/mol.